The minimum Gasteiger partial charge on any atom is -0.487 e. The summed E-state index contributed by atoms with van der Waals surface area (Å²) in [6.45, 7) is 14.9. The third-order valence-electron chi connectivity index (χ3n) is 8.57. The molecule has 0 unspecified atom stereocenters. The SMILES string of the molecule is CC(C)(C)[Si](C)(C)O[C@H]1CC[C@@H](Oc2c(Br)ccc3cnc(Nc4cccc(C(C)(C)S(C)(=O)=O)c4)nc23)CC1. The second kappa shape index (κ2) is 11.3. The number of halogens is 1. The number of hydrogen-bond donors (Lipinski definition) is 1. The molecule has 0 radical (unpaired) electrons. The van der Waals surface area contributed by atoms with Gasteiger partial charge in [-0.05, 0) is 103 Å². The monoisotopic (exact) mass is 647 g/mol. The van der Waals surface area contributed by atoms with E-state index >= 15 is 0 Å². The summed E-state index contributed by atoms with van der Waals surface area (Å²) in [5.74, 6) is 1.12. The molecule has 0 amide bonds. The summed E-state index contributed by atoms with van der Waals surface area (Å²) < 4.78 is 37.8. The fourth-order valence-corrected chi connectivity index (χ4v) is 6.95. The van der Waals surface area contributed by atoms with Gasteiger partial charge in [-0.1, -0.05) is 32.9 Å². The molecule has 2 aromatic carbocycles. The van der Waals surface area contributed by atoms with Gasteiger partial charge in [-0.3, -0.25) is 0 Å². The Morgan fingerprint density at radius 2 is 1.65 bits per heavy atom. The van der Waals surface area contributed by atoms with Crippen molar-refractivity contribution in [1.29, 1.82) is 0 Å². The first kappa shape index (κ1) is 30.9. The molecule has 4 rings (SSSR count). The van der Waals surface area contributed by atoms with Crippen LogP contribution in [0.15, 0.2) is 47.1 Å². The van der Waals surface area contributed by atoms with Crippen LogP contribution in [0.5, 0.6) is 5.75 Å². The fourth-order valence-electron chi connectivity index (χ4n) is 4.56. The fraction of sp³-hybridized carbons (Fsp3) is 0.533. The van der Waals surface area contributed by atoms with E-state index in [0.29, 0.717) is 29.1 Å². The van der Waals surface area contributed by atoms with Gasteiger partial charge in [-0.2, -0.15) is 0 Å². The molecule has 3 aromatic rings. The molecule has 1 aromatic heterocycles. The van der Waals surface area contributed by atoms with Crippen molar-refractivity contribution in [1.82, 2.24) is 9.97 Å². The van der Waals surface area contributed by atoms with Gasteiger partial charge in [0.25, 0.3) is 0 Å². The maximum absolute atomic E-state index is 12.4. The van der Waals surface area contributed by atoms with Gasteiger partial charge in [-0.15, -0.1) is 0 Å². The first-order valence-electron chi connectivity index (χ1n) is 13.8. The van der Waals surface area contributed by atoms with Crippen LogP contribution >= 0.6 is 15.9 Å². The van der Waals surface area contributed by atoms with Crippen LogP contribution in [0.3, 0.4) is 0 Å². The Morgan fingerprint density at radius 1 is 1.00 bits per heavy atom. The molecule has 0 bridgehead atoms. The molecule has 0 aliphatic heterocycles. The summed E-state index contributed by atoms with van der Waals surface area (Å²) in [4.78, 5) is 9.31. The highest BCUT2D eigenvalue weighted by molar-refractivity contribution is 9.10. The predicted molar refractivity (Wildman–Crippen MR) is 170 cm³/mol. The molecule has 10 heteroatoms. The molecule has 1 heterocycles. The van der Waals surface area contributed by atoms with Crippen molar-refractivity contribution >= 4 is 56.6 Å². The lowest BCUT2D eigenvalue weighted by Gasteiger charge is -2.41. The van der Waals surface area contributed by atoms with Crippen molar-refractivity contribution in [3.63, 3.8) is 0 Å². The molecule has 1 aliphatic rings. The van der Waals surface area contributed by atoms with Crippen LogP contribution in [-0.2, 0) is 19.0 Å². The first-order valence-corrected chi connectivity index (χ1v) is 19.4. The molecule has 0 atom stereocenters. The number of sulfone groups is 1. The lowest BCUT2D eigenvalue weighted by molar-refractivity contribution is 0.0729. The number of ether oxygens (including phenoxy) is 1. The van der Waals surface area contributed by atoms with Gasteiger partial charge in [0.2, 0.25) is 5.95 Å². The average molecular weight is 649 g/mol. The summed E-state index contributed by atoms with van der Waals surface area (Å²) >= 11 is 3.68. The molecule has 0 saturated heterocycles. The van der Waals surface area contributed by atoms with Gasteiger partial charge < -0.3 is 14.5 Å². The Labute approximate surface area is 248 Å². The van der Waals surface area contributed by atoms with E-state index in [1.165, 1.54) is 6.26 Å². The highest BCUT2D eigenvalue weighted by Gasteiger charge is 2.40. The van der Waals surface area contributed by atoms with E-state index in [4.69, 9.17) is 14.1 Å². The number of rotatable bonds is 8. The molecule has 1 saturated carbocycles. The van der Waals surface area contributed by atoms with E-state index < -0.39 is 22.9 Å². The molecule has 1 N–H and O–H groups in total. The second-order valence-corrected chi connectivity index (χ2v) is 21.1. The van der Waals surface area contributed by atoms with Crippen molar-refractivity contribution < 1.29 is 17.6 Å². The Kier molecular flexibility index (Phi) is 8.77. The van der Waals surface area contributed by atoms with Gasteiger partial charge in [0.1, 0.15) is 5.52 Å². The molecule has 40 heavy (non-hydrogen) atoms. The summed E-state index contributed by atoms with van der Waals surface area (Å²) in [7, 11) is -5.10. The van der Waals surface area contributed by atoms with Crippen molar-refractivity contribution in [3.05, 3.63) is 52.6 Å². The molecular weight excluding hydrogens is 606 g/mol. The van der Waals surface area contributed by atoms with E-state index in [-0.39, 0.29) is 11.1 Å². The van der Waals surface area contributed by atoms with Crippen LogP contribution in [0.25, 0.3) is 10.9 Å². The number of anilines is 2. The van der Waals surface area contributed by atoms with Gasteiger partial charge in [0.15, 0.2) is 23.9 Å². The minimum atomic E-state index is -3.30. The van der Waals surface area contributed by atoms with Crippen molar-refractivity contribution in [3.8, 4) is 5.75 Å². The third-order valence-corrected chi connectivity index (χ3v) is 15.8. The van der Waals surface area contributed by atoms with Crippen LogP contribution in [0, 0.1) is 0 Å². The van der Waals surface area contributed by atoms with Crippen LogP contribution in [-0.4, -0.2) is 45.2 Å². The van der Waals surface area contributed by atoms with Crippen molar-refractivity contribution in [2.24, 2.45) is 0 Å². The number of fused-ring (bicyclic) bond motifs is 1. The summed E-state index contributed by atoms with van der Waals surface area (Å²) in [6.07, 6.45) is 7.25. The Hall–Kier alpha value is -2.01. The molecule has 1 fully saturated rings. The zero-order chi connectivity index (χ0) is 29.5. The number of hydrogen-bond acceptors (Lipinski definition) is 7. The average Bonchev–Trinajstić information content (AvgIpc) is 2.85. The minimum absolute atomic E-state index is 0.0856. The second-order valence-electron chi connectivity index (χ2n) is 12.9. The van der Waals surface area contributed by atoms with Gasteiger partial charge >= 0.3 is 0 Å². The maximum atomic E-state index is 12.4. The largest absolute Gasteiger partial charge is 0.487 e. The van der Waals surface area contributed by atoms with E-state index in [2.05, 4.69) is 60.1 Å². The van der Waals surface area contributed by atoms with Crippen LogP contribution < -0.4 is 10.1 Å². The van der Waals surface area contributed by atoms with Crippen LogP contribution in [0.4, 0.5) is 11.6 Å². The van der Waals surface area contributed by atoms with Gasteiger partial charge in [0, 0.05) is 29.6 Å². The van der Waals surface area contributed by atoms with E-state index in [1.807, 2.05) is 36.4 Å². The third kappa shape index (κ3) is 6.72. The lowest BCUT2D eigenvalue weighted by Crippen LogP contribution is -2.45. The first-order chi connectivity index (χ1) is 18.5. The number of nitrogens with zero attached hydrogens (tertiary/aromatic N) is 2. The molecule has 218 valence electrons. The summed E-state index contributed by atoms with van der Waals surface area (Å²) in [6, 6.07) is 11.3. The van der Waals surface area contributed by atoms with E-state index in [0.717, 1.165) is 41.1 Å². The standard InChI is InChI=1S/C30H42BrN3O4SSi/c1-29(2,3)40(7,8)38-24-15-13-23(14-16-24)37-27-25(31)17-12-20-19-32-28(34-26(20)27)33-22-11-9-10-21(18-22)30(4,5)39(6,35)36/h9-12,17-19,23-24H,13-16H2,1-8H3,(H,32,33,34)/t23-,24+. The molecule has 0 spiro atoms. The quantitative estimate of drug-likeness (QED) is 0.247. The van der Waals surface area contributed by atoms with E-state index in [9.17, 15) is 8.42 Å². The molecule has 1 aliphatic carbocycles. The smallest absolute Gasteiger partial charge is 0.227 e. The number of nitrogens with one attached hydrogen (secondary N) is 1. The predicted octanol–water partition coefficient (Wildman–Crippen LogP) is 8.13. The van der Waals surface area contributed by atoms with Crippen LogP contribution in [0.2, 0.25) is 18.1 Å². The zero-order valence-electron chi connectivity index (χ0n) is 24.8. The topological polar surface area (TPSA) is 90.4 Å². The molecular formula is C30H42BrN3O4SSi. The molecule has 7 nitrogen and oxygen atoms in total. The van der Waals surface area contributed by atoms with Gasteiger partial charge in [0.05, 0.1) is 15.3 Å². The summed E-state index contributed by atoms with van der Waals surface area (Å²) in [5, 5.41) is 4.33. The van der Waals surface area contributed by atoms with E-state index in [1.54, 1.807) is 20.0 Å². The van der Waals surface area contributed by atoms with Crippen molar-refractivity contribution in [2.75, 3.05) is 11.6 Å². The number of benzene rings is 2. The summed E-state index contributed by atoms with van der Waals surface area (Å²) in [5.41, 5.74) is 2.13. The normalized spacial score (nSPS) is 19.0. The van der Waals surface area contributed by atoms with Gasteiger partial charge in [-0.25, -0.2) is 18.4 Å². The highest BCUT2D eigenvalue weighted by Crippen LogP contribution is 2.40. The Bertz CT molecular complexity index is 1480. The Balaban J connectivity index is 1.52. The zero-order valence-corrected chi connectivity index (χ0v) is 28.2. The highest BCUT2D eigenvalue weighted by atomic mass is 79.9. The van der Waals surface area contributed by atoms with Crippen molar-refractivity contribution in [2.45, 2.75) is 95.4 Å². The Morgan fingerprint density at radius 3 is 2.27 bits per heavy atom. The number of aromatic nitrogens is 2. The lowest BCUT2D eigenvalue weighted by atomic mass is 9.95. The van der Waals surface area contributed by atoms with Crippen LogP contribution in [0.1, 0.15) is 65.9 Å². The maximum Gasteiger partial charge on any atom is 0.227 e.